The Morgan fingerprint density at radius 1 is 1.41 bits per heavy atom. The molecule has 17 heavy (non-hydrogen) atoms. The Morgan fingerprint density at radius 3 is 2.53 bits per heavy atom. The Kier molecular flexibility index (Phi) is 4.15. The number of rotatable bonds is 4. The number of non-ortho nitro benzene ring substituents is 1. The predicted octanol–water partition coefficient (Wildman–Crippen LogP) is 3.22. The molecule has 1 aromatic carbocycles. The summed E-state index contributed by atoms with van der Waals surface area (Å²) in [4.78, 5) is 21.6. The molecule has 4 heteroatoms. The maximum absolute atomic E-state index is 11.4. The molecule has 0 aromatic heterocycles. The molecular weight excluding hydrogens is 218 g/mol. The largest absolute Gasteiger partial charge is 0.295 e. The second-order valence-electron chi connectivity index (χ2n) is 4.16. The fraction of sp³-hybridized carbons (Fsp3) is 0.308. The maximum atomic E-state index is 11.4. The summed E-state index contributed by atoms with van der Waals surface area (Å²) in [6, 6.07) is 6.26. The third kappa shape index (κ3) is 3.52. The van der Waals surface area contributed by atoms with Crippen LogP contribution in [0.4, 0.5) is 5.69 Å². The van der Waals surface area contributed by atoms with Gasteiger partial charge in [0.15, 0.2) is 5.78 Å². The van der Waals surface area contributed by atoms with E-state index in [1.807, 2.05) is 13.8 Å². The smallest absolute Gasteiger partial charge is 0.270 e. The average molecular weight is 233 g/mol. The van der Waals surface area contributed by atoms with Crippen molar-refractivity contribution in [1.82, 2.24) is 0 Å². The van der Waals surface area contributed by atoms with Gasteiger partial charge in [0, 0.05) is 12.1 Å². The number of nitro benzene ring substituents is 1. The van der Waals surface area contributed by atoms with E-state index in [0.717, 1.165) is 0 Å². The van der Waals surface area contributed by atoms with Crippen LogP contribution in [0.1, 0.15) is 26.3 Å². The topological polar surface area (TPSA) is 60.2 Å². The highest BCUT2D eigenvalue weighted by molar-refractivity contribution is 5.98. The van der Waals surface area contributed by atoms with E-state index in [2.05, 4.69) is 0 Å². The van der Waals surface area contributed by atoms with E-state index in [9.17, 15) is 14.9 Å². The van der Waals surface area contributed by atoms with Crippen molar-refractivity contribution in [3.63, 3.8) is 0 Å². The molecule has 0 saturated heterocycles. The molecule has 0 amide bonds. The van der Waals surface area contributed by atoms with E-state index in [-0.39, 0.29) is 17.4 Å². The van der Waals surface area contributed by atoms with Crippen LogP contribution in [-0.4, -0.2) is 10.7 Å². The van der Waals surface area contributed by atoms with Gasteiger partial charge < -0.3 is 0 Å². The van der Waals surface area contributed by atoms with E-state index < -0.39 is 4.92 Å². The van der Waals surface area contributed by atoms with Crippen LogP contribution in [0.5, 0.6) is 0 Å². The summed E-state index contributed by atoms with van der Waals surface area (Å²) in [7, 11) is 0. The van der Waals surface area contributed by atoms with E-state index in [1.54, 1.807) is 18.2 Å². The number of carbonyl (C=O) groups excluding carboxylic acids is 1. The first-order valence-electron chi connectivity index (χ1n) is 5.38. The van der Waals surface area contributed by atoms with Crippen LogP contribution in [0.15, 0.2) is 29.8 Å². The summed E-state index contributed by atoms with van der Waals surface area (Å²) in [6.45, 7) is 5.35. The highest BCUT2D eigenvalue weighted by Crippen LogP contribution is 2.19. The number of ketones is 1. The van der Waals surface area contributed by atoms with Gasteiger partial charge in [-0.1, -0.05) is 26.0 Å². The molecule has 0 aliphatic heterocycles. The van der Waals surface area contributed by atoms with Gasteiger partial charge in [-0.05, 0) is 30.1 Å². The molecule has 1 aromatic rings. The van der Waals surface area contributed by atoms with Crippen molar-refractivity contribution in [3.05, 3.63) is 45.5 Å². The summed E-state index contributed by atoms with van der Waals surface area (Å²) in [6.07, 6.45) is 1.71. The minimum atomic E-state index is -0.444. The normalized spacial score (nSPS) is 11.6. The molecule has 0 spiro atoms. The van der Waals surface area contributed by atoms with Gasteiger partial charge in [-0.3, -0.25) is 14.9 Å². The van der Waals surface area contributed by atoms with Gasteiger partial charge in [-0.15, -0.1) is 0 Å². The molecule has 0 radical (unpaired) electrons. The molecule has 0 aliphatic rings. The number of carbonyl (C=O) groups is 1. The highest BCUT2D eigenvalue weighted by Gasteiger charge is 2.10. The molecule has 1 rings (SSSR count). The molecule has 0 unspecified atom stereocenters. The Balaban J connectivity index is 3.16. The van der Waals surface area contributed by atoms with Gasteiger partial charge in [0.25, 0.3) is 5.69 Å². The quantitative estimate of drug-likeness (QED) is 0.455. The van der Waals surface area contributed by atoms with Crippen molar-refractivity contribution < 1.29 is 9.72 Å². The fourth-order valence-electron chi connectivity index (χ4n) is 1.58. The first-order chi connectivity index (χ1) is 7.91. The molecule has 4 nitrogen and oxygen atoms in total. The van der Waals surface area contributed by atoms with Crippen molar-refractivity contribution in [2.45, 2.75) is 20.8 Å². The third-order valence-corrected chi connectivity index (χ3v) is 2.43. The zero-order valence-electron chi connectivity index (χ0n) is 10.1. The predicted molar refractivity (Wildman–Crippen MR) is 66.6 cm³/mol. The van der Waals surface area contributed by atoms with Gasteiger partial charge >= 0.3 is 0 Å². The Morgan fingerprint density at radius 2 is 2.06 bits per heavy atom. The maximum Gasteiger partial charge on any atom is 0.270 e. The molecule has 0 fully saturated rings. The monoisotopic (exact) mass is 233 g/mol. The van der Waals surface area contributed by atoms with Crippen LogP contribution in [0.3, 0.4) is 0 Å². The van der Waals surface area contributed by atoms with Crippen molar-refractivity contribution in [3.8, 4) is 0 Å². The van der Waals surface area contributed by atoms with E-state index >= 15 is 0 Å². The molecule has 0 atom stereocenters. The fourth-order valence-corrected chi connectivity index (χ4v) is 1.58. The number of nitrogens with zero attached hydrogens (tertiary/aromatic N) is 1. The first kappa shape index (κ1) is 13.1. The molecule has 0 N–H and O–H groups in total. The SMILES string of the molecule is CC(=O)/C(=C/c1cccc([N+](=O)[O-])c1)C(C)C. The number of nitro groups is 1. The minimum absolute atomic E-state index is 0.00786. The Bertz CT molecular complexity index is 475. The summed E-state index contributed by atoms with van der Waals surface area (Å²) >= 11 is 0. The van der Waals surface area contributed by atoms with Crippen LogP contribution in [0.25, 0.3) is 6.08 Å². The Hall–Kier alpha value is -1.97. The van der Waals surface area contributed by atoms with E-state index in [1.165, 1.54) is 19.1 Å². The van der Waals surface area contributed by atoms with Gasteiger partial charge in [0.2, 0.25) is 0 Å². The number of Topliss-reactive ketones (excluding diaryl/α,β-unsaturated/α-hetero) is 1. The van der Waals surface area contributed by atoms with Crippen LogP contribution in [-0.2, 0) is 4.79 Å². The molecule has 0 saturated carbocycles. The molecule has 0 bridgehead atoms. The van der Waals surface area contributed by atoms with Gasteiger partial charge in [0.05, 0.1) is 4.92 Å². The molecule has 90 valence electrons. The number of benzene rings is 1. The molecule has 0 heterocycles. The van der Waals surface area contributed by atoms with Gasteiger partial charge in [0.1, 0.15) is 0 Å². The lowest BCUT2D eigenvalue weighted by Crippen LogP contribution is -2.03. The second-order valence-corrected chi connectivity index (χ2v) is 4.16. The van der Waals surface area contributed by atoms with Crippen LogP contribution in [0, 0.1) is 16.0 Å². The number of allylic oxidation sites excluding steroid dienone is 1. The lowest BCUT2D eigenvalue weighted by Gasteiger charge is -2.07. The molecular formula is C13H15NO3. The van der Waals surface area contributed by atoms with Crippen molar-refractivity contribution in [1.29, 1.82) is 0 Å². The zero-order valence-corrected chi connectivity index (χ0v) is 10.1. The zero-order chi connectivity index (χ0) is 13.0. The van der Waals surface area contributed by atoms with Crippen molar-refractivity contribution in [2.75, 3.05) is 0 Å². The van der Waals surface area contributed by atoms with Crippen molar-refractivity contribution >= 4 is 17.5 Å². The third-order valence-electron chi connectivity index (χ3n) is 2.43. The van der Waals surface area contributed by atoms with Gasteiger partial charge in [-0.2, -0.15) is 0 Å². The highest BCUT2D eigenvalue weighted by atomic mass is 16.6. The van der Waals surface area contributed by atoms with Crippen LogP contribution >= 0.6 is 0 Å². The van der Waals surface area contributed by atoms with E-state index in [0.29, 0.717) is 11.1 Å². The van der Waals surface area contributed by atoms with Gasteiger partial charge in [-0.25, -0.2) is 0 Å². The Labute approximate surface area is 100 Å². The lowest BCUT2D eigenvalue weighted by atomic mass is 9.97. The van der Waals surface area contributed by atoms with E-state index in [4.69, 9.17) is 0 Å². The minimum Gasteiger partial charge on any atom is -0.295 e. The number of hydrogen-bond acceptors (Lipinski definition) is 3. The second kappa shape index (κ2) is 5.39. The summed E-state index contributed by atoms with van der Waals surface area (Å²) in [5.74, 6) is 0.0956. The summed E-state index contributed by atoms with van der Waals surface area (Å²) in [5, 5.41) is 10.6. The average Bonchev–Trinajstić information content (AvgIpc) is 2.25. The number of hydrogen-bond donors (Lipinski definition) is 0. The standard InChI is InChI=1S/C13H15NO3/c1-9(2)13(10(3)15)8-11-5-4-6-12(7-11)14(16)17/h4-9H,1-3H3/b13-8+. The van der Waals surface area contributed by atoms with Crippen molar-refractivity contribution in [2.24, 2.45) is 5.92 Å². The summed E-state index contributed by atoms with van der Waals surface area (Å²) in [5.41, 5.74) is 1.38. The van der Waals surface area contributed by atoms with Crippen LogP contribution in [0.2, 0.25) is 0 Å². The summed E-state index contributed by atoms with van der Waals surface area (Å²) < 4.78 is 0. The van der Waals surface area contributed by atoms with Crippen LogP contribution < -0.4 is 0 Å². The lowest BCUT2D eigenvalue weighted by molar-refractivity contribution is -0.384. The molecule has 0 aliphatic carbocycles. The first-order valence-corrected chi connectivity index (χ1v) is 5.38.